The lowest BCUT2D eigenvalue weighted by Crippen LogP contribution is -2.35. The zero-order valence-corrected chi connectivity index (χ0v) is 11.6. The second-order valence-corrected chi connectivity index (χ2v) is 5.88. The summed E-state index contributed by atoms with van der Waals surface area (Å²) in [7, 11) is 0. The van der Waals surface area contributed by atoms with Crippen molar-refractivity contribution in [3.05, 3.63) is 29.3 Å². The third kappa shape index (κ3) is 2.93. The molecule has 0 spiro atoms. The first-order valence-electron chi connectivity index (χ1n) is 6.66. The van der Waals surface area contributed by atoms with Gasteiger partial charge in [-0.1, -0.05) is 12.1 Å². The van der Waals surface area contributed by atoms with Crippen molar-refractivity contribution < 1.29 is 4.79 Å². The van der Waals surface area contributed by atoms with Gasteiger partial charge in [0.1, 0.15) is 5.01 Å². The van der Waals surface area contributed by atoms with Crippen LogP contribution in [-0.2, 0) is 11.3 Å². The first kappa shape index (κ1) is 12.6. The van der Waals surface area contributed by atoms with E-state index >= 15 is 0 Å². The van der Waals surface area contributed by atoms with Gasteiger partial charge in [-0.25, -0.2) is 4.98 Å². The van der Waals surface area contributed by atoms with Crippen molar-refractivity contribution >= 4 is 27.5 Å². The summed E-state index contributed by atoms with van der Waals surface area (Å²) in [6.45, 7) is 2.91. The molecular weight excluding hydrogens is 258 g/mol. The zero-order valence-electron chi connectivity index (χ0n) is 10.8. The second kappa shape index (κ2) is 5.67. The molecule has 1 aliphatic rings. The molecule has 3 rings (SSSR count). The van der Waals surface area contributed by atoms with Crippen LogP contribution in [0.5, 0.6) is 0 Å². The van der Waals surface area contributed by atoms with Crippen LogP contribution in [-0.4, -0.2) is 35.4 Å². The molecule has 0 radical (unpaired) electrons. The fourth-order valence-corrected chi connectivity index (χ4v) is 3.29. The summed E-state index contributed by atoms with van der Waals surface area (Å²) in [6, 6.07) is 8.11. The molecule has 1 aliphatic heterocycles. The van der Waals surface area contributed by atoms with E-state index < -0.39 is 0 Å². The molecule has 0 bridgehead atoms. The highest BCUT2D eigenvalue weighted by atomic mass is 32.1. The van der Waals surface area contributed by atoms with E-state index in [-0.39, 0.29) is 5.91 Å². The first-order valence-corrected chi connectivity index (χ1v) is 7.47. The van der Waals surface area contributed by atoms with Crippen molar-refractivity contribution in [2.24, 2.45) is 0 Å². The number of benzene rings is 1. The Morgan fingerprint density at radius 2 is 2.11 bits per heavy atom. The number of likely N-dealkylation sites (tertiary alicyclic amines) is 1. The summed E-state index contributed by atoms with van der Waals surface area (Å²) < 4.78 is 1.20. The number of hydrogen-bond acceptors (Lipinski definition) is 4. The second-order valence-electron chi connectivity index (χ2n) is 4.77. The molecule has 1 aromatic heterocycles. The Hall–Kier alpha value is -1.46. The van der Waals surface area contributed by atoms with Gasteiger partial charge in [-0.3, -0.25) is 4.79 Å². The van der Waals surface area contributed by atoms with Crippen molar-refractivity contribution in [1.82, 2.24) is 15.2 Å². The van der Waals surface area contributed by atoms with Gasteiger partial charge >= 0.3 is 0 Å². The van der Waals surface area contributed by atoms with Crippen LogP contribution in [0.15, 0.2) is 24.3 Å². The predicted molar refractivity (Wildman–Crippen MR) is 77.1 cm³/mol. The molecule has 0 saturated carbocycles. The Morgan fingerprint density at radius 3 is 2.89 bits per heavy atom. The fourth-order valence-electron chi connectivity index (χ4n) is 2.35. The van der Waals surface area contributed by atoms with Crippen LogP contribution in [0.3, 0.4) is 0 Å². The molecule has 4 nitrogen and oxygen atoms in total. The van der Waals surface area contributed by atoms with Crippen LogP contribution < -0.4 is 5.32 Å². The molecule has 100 valence electrons. The van der Waals surface area contributed by atoms with Crippen LogP contribution in [0.2, 0.25) is 0 Å². The number of fused-ring (bicyclic) bond motifs is 1. The topological polar surface area (TPSA) is 45.2 Å². The number of nitrogens with one attached hydrogen (secondary N) is 1. The van der Waals surface area contributed by atoms with Crippen LogP contribution in [0.1, 0.15) is 17.8 Å². The average Bonchev–Trinajstić information content (AvgIpc) is 3.07. The standard InChI is InChI=1S/C14H17N3OS/c18-14(17-7-3-4-8-17)10-15-9-13-16-11-5-1-2-6-12(11)19-13/h1-2,5-6,15H,3-4,7-10H2. The Morgan fingerprint density at radius 1 is 1.32 bits per heavy atom. The molecule has 1 N–H and O–H groups in total. The van der Waals surface area contributed by atoms with E-state index in [9.17, 15) is 4.79 Å². The summed E-state index contributed by atoms with van der Waals surface area (Å²) in [5, 5.41) is 4.23. The average molecular weight is 275 g/mol. The van der Waals surface area contributed by atoms with Gasteiger partial charge in [0.2, 0.25) is 5.91 Å². The lowest BCUT2D eigenvalue weighted by atomic mass is 10.3. The van der Waals surface area contributed by atoms with Crippen molar-refractivity contribution in [1.29, 1.82) is 0 Å². The van der Waals surface area contributed by atoms with Crippen molar-refractivity contribution in [3.63, 3.8) is 0 Å². The van der Waals surface area contributed by atoms with E-state index in [1.165, 1.54) is 4.70 Å². The van der Waals surface area contributed by atoms with Gasteiger partial charge in [0.05, 0.1) is 16.8 Å². The maximum absolute atomic E-state index is 11.9. The quantitative estimate of drug-likeness (QED) is 0.928. The molecule has 2 heterocycles. The molecule has 1 fully saturated rings. The molecule has 0 atom stereocenters. The van der Waals surface area contributed by atoms with Gasteiger partial charge in [-0.15, -0.1) is 11.3 Å². The predicted octanol–water partition coefficient (Wildman–Crippen LogP) is 2.01. The van der Waals surface area contributed by atoms with E-state index in [1.54, 1.807) is 11.3 Å². The Labute approximate surface area is 116 Å². The third-order valence-corrected chi connectivity index (χ3v) is 4.39. The van der Waals surface area contributed by atoms with E-state index in [1.807, 2.05) is 23.1 Å². The Balaban J connectivity index is 1.53. The highest BCUT2D eigenvalue weighted by Gasteiger charge is 2.17. The van der Waals surface area contributed by atoms with Gasteiger partial charge in [-0.2, -0.15) is 0 Å². The molecule has 1 aromatic carbocycles. The summed E-state index contributed by atoms with van der Waals surface area (Å²) in [5.41, 5.74) is 1.04. The lowest BCUT2D eigenvalue weighted by Gasteiger charge is -2.14. The summed E-state index contributed by atoms with van der Waals surface area (Å²) in [5.74, 6) is 0.207. The molecule has 0 aliphatic carbocycles. The van der Waals surface area contributed by atoms with Gasteiger partial charge in [0.25, 0.3) is 0 Å². The normalized spacial score (nSPS) is 15.3. The van der Waals surface area contributed by atoms with Gasteiger partial charge in [0, 0.05) is 19.6 Å². The van der Waals surface area contributed by atoms with Crippen molar-refractivity contribution in [2.75, 3.05) is 19.6 Å². The number of rotatable bonds is 4. The molecular formula is C14H17N3OS. The van der Waals surface area contributed by atoms with E-state index in [0.717, 1.165) is 36.5 Å². The van der Waals surface area contributed by atoms with Gasteiger partial charge < -0.3 is 10.2 Å². The molecule has 2 aromatic rings. The number of nitrogens with zero attached hydrogens (tertiary/aromatic N) is 2. The van der Waals surface area contributed by atoms with Gasteiger partial charge in [0.15, 0.2) is 0 Å². The highest BCUT2D eigenvalue weighted by molar-refractivity contribution is 7.18. The SMILES string of the molecule is O=C(CNCc1nc2ccccc2s1)N1CCCC1. The number of carbonyl (C=O) groups is 1. The molecule has 1 saturated heterocycles. The lowest BCUT2D eigenvalue weighted by molar-refractivity contribution is -0.129. The molecule has 5 heteroatoms. The maximum atomic E-state index is 11.9. The minimum atomic E-state index is 0.207. The van der Waals surface area contributed by atoms with E-state index in [2.05, 4.69) is 16.4 Å². The number of amides is 1. The molecule has 1 amide bonds. The van der Waals surface area contributed by atoms with Crippen molar-refractivity contribution in [3.8, 4) is 0 Å². The van der Waals surface area contributed by atoms with Crippen LogP contribution in [0, 0.1) is 0 Å². The zero-order chi connectivity index (χ0) is 13.1. The maximum Gasteiger partial charge on any atom is 0.236 e. The molecule has 19 heavy (non-hydrogen) atoms. The van der Waals surface area contributed by atoms with Gasteiger partial charge in [-0.05, 0) is 25.0 Å². The number of thiazole rings is 1. The van der Waals surface area contributed by atoms with E-state index in [4.69, 9.17) is 0 Å². The third-order valence-electron chi connectivity index (χ3n) is 3.35. The highest BCUT2D eigenvalue weighted by Crippen LogP contribution is 2.21. The molecule has 0 unspecified atom stereocenters. The van der Waals surface area contributed by atoms with Crippen LogP contribution in [0.25, 0.3) is 10.2 Å². The van der Waals surface area contributed by atoms with Crippen molar-refractivity contribution in [2.45, 2.75) is 19.4 Å². The number of aromatic nitrogens is 1. The largest absolute Gasteiger partial charge is 0.342 e. The van der Waals surface area contributed by atoms with Crippen LogP contribution >= 0.6 is 11.3 Å². The first-order chi connectivity index (χ1) is 9.33. The Kier molecular flexibility index (Phi) is 3.75. The minimum absolute atomic E-state index is 0.207. The number of hydrogen-bond donors (Lipinski definition) is 1. The van der Waals surface area contributed by atoms with Crippen LogP contribution in [0.4, 0.5) is 0 Å². The summed E-state index contributed by atoms with van der Waals surface area (Å²) in [4.78, 5) is 18.3. The fraction of sp³-hybridized carbons (Fsp3) is 0.429. The summed E-state index contributed by atoms with van der Waals surface area (Å²) in [6.07, 6.45) is 2.28. The Bertz CT molecular complexity index is 542. The van der Waals surface area contributed by atoms with E-state index in [0.29, 0.717) is 13.1 Å². The smallest absolute Gasteiger partial charge is 0.236 e. The minimum Gasteiger partial charge on any atom is -0.342 e. The number of carbonyl (C=O) groups excluding carboxylic acids is 1. The monoisotopic (exact) mass is 275 g/mol. The summed E-state index contributed by atoms with van der Waals surface area (Å²) >= 11 is 1.68. The number of para-hydroxylation sites is 1.